The third-order valence-corrected chi connectivity index (χ3v) is 2.48. The molecular formula is C8H14N4O. The van der Waals surface area contributed by atoms with Crippen LogP contribution in [0, 0.1) is 0 Å². The van der Waals surface area contributed by atoms with E-state index < -0.39 is 0 Å². The molecule has 0 aliphatic carbocycles. The fourth-order valence-corrected chi connectivity index (χ4v) is 1.68. The van der Waals surface area contributed by atoms with Crippen LogP contribution in [0.2, 0.25) is 0 Å². The van der Waals surface area contributed by atoms with Gasteiger partial charge in [0.1, 0.15) is 0 Å². The molecule has 1 aliphatic rings. The number of rotatable bonds is 2. The Morgan fingerprint density at radius 3 is 3.23 bits per heavy atom. The molecule has 13 heavy (non-hydrogen) atoms. The molecule has 2 rings (SSSR count). The summed E-state index contributed by atoms with van der Waals surface area (Å²) in [6.45, 7) is 3.11. The van der Waals surface area contributed by atoms with Crippen LogP contribution in [-0.4, -0.2) is 29.9 Å². The lowest BCUT2D eigenvalue weighted by Gasteiger charge is -2.31. The summed E-state index contributed by atoms with van der Waals surface area (Å²) in [6, 6.07) is 0.504. The van der Waals surface area contributed by atoms with Gasteiger partial charge in [0.2, 0.25) is 11.6 Å². The van der Waals surface area contributed by atoms with Gasteiger partial charge in [0, 0.05) is 19.6 Å². The molecule has 0 fully saturated rings. The number of fused-ring (bicyclic) bond motifs is 1. The van der Waals surface area contributed by atoms with E-state index in [9.17, 15) is 0 Å². The van der Waals surface area contributed by atoms with Gasteiger partial charge in [-0.25, -0.2) is 4.63 Å². The highest BCUT2D eigenvalue weighted by Gasteiger charge is 2.26. The van der Waals surface area contributed by atoms with Gasteiger partial charge in [0.05, 0.1) is 0 Å². The molecule has 1 atom stereocenters. The van der Waals surface area contributed by atoms with Crippen molar-refractivity contribution in [2.45, 2.75) is 25.8 Å². The molecule has 5 heteroatoms. The van der Waals surface area contributed by atoms with E-state index >= 15 is 0 Å². The summed E-state index contributed by atoms with van der Waals surface area (Å²) >= 11 is 0. The molecule has 1 unspecified atom stereocenters. The second-order valence-electron chi connectivity index (χ2n) is 3.37. The van der Waals surface area contributed by atoms with E-state index in [0.29, 0.717) is 6.04 Å². The van der Waals surface area contributed by atoms with Gasteiger partial charge in [0.25, 0.3) is 0 Å². The fraction of sp³-hybridized carbons (Fsp3) is 0.750. The van der Waals surface area contributed by atoms with Crippen LogP contribution in [-0.2, 0) is 0 Å². The summed E-state index contributed by atoms with van der Waals surface area (Å²) in [5, 5.41) is 10.8. The van der Waals surface area contributed by atoms with Crippen molar-refractivity contribution in [1.82, 2.24) is 10.3 Å². The lowest BCUT2D eigenvalue weighted by Crippen LogP contribution is -2.41. The average Bonchev–Trinajstić information content (AvgIpc) is 2.58. The molecule has 1 N–H and O–H groups in total. The summed E-state index contributed by atoms with van der Waals surface area (Å²) in [4.78, 5) is 2.13. The Balaban J connectivity index is 2.17. The van der Waals surface area contributed by atoms with E-state index in [4.69, 9.17) is 0 Å². The predicted molar refractivity (Wildman–Crippen MR) is 49.9 cm³/mol. The van der Waals surface area contributed by atoms with E-state index in [1.807, 2.05) is 7.05 Å². The van der Waals surface area contributed by atoms with Gasteiger partial charge in [-0.05, 0) is 16.7 Å². The number of aromatic nitrogens is 2. The molecule has 1 aromatic heterocycles. The highest BCUT2D eigenvalue weighted by molar-refractivity contribution is 5.62. The van der Waals surface area contributed by atoms with E-state index in [0.717, 1.165) is 24.6 Å². The number of likely N-dealkylation sites (N-methyl/N-ethyl adjacent to an activating group) is 1. The first-order chi connectivity index (χ1) is 6.33. The van der Waals surface area contributed by atoms with Gasteiger partial charge in [-0.15, -0.1) is 0 Å². The Morgan fingerprint density at radius 1 is 1.62 bits per heavy atom. The second kappa shape index (κ2) is 3.24. The monoisotopic (exact) mass is 182 g/mol. The summed E-state index contributed by atoms with van der Waals surface area (Å²) in [5.74, 6) is 1.58. The van der Waals surface area contributed by atoms with Gasteiger partial charge in [-0.3, -0.25) is 0 Å². The minimum atomic E-state index is 0.504. The van der Waals surface area contributed by atoms with Crippen molar-refractivity contribution in [3.8, 4) is 0 Å². The first kappa shape index (κ1) is 8.34. The molecule has 1 aliphatic heterocycles. The van der Waals surface area contributed by atoms with Crippen LogP contribution >= 0.6 is 0 Å². The van der Waals surface area contributed by atoms with Gasteiger partial charge in [-0.1, -0.05) is 13.3 Å². The Bertz CT molecular complexity index is 285. The summed E-state index contributed by atoms with van der Waals surface area (Å²) in [6.07, 6.45) is 2.34. The number of hydrogen-bond donors (Lipinski definition) is 1. The standard InChI is InChI=1S/C8H14N4O/c1-3-4-6-5-9-7-8(12(6)2)11-13-10-7/h6H,3-5H2,1-2H3,(H,9,10). The zero-order valence-electron chi connectivity index (χ0n) is 7.95. The Morgan fingerprint density at radius 2 is 2.46 bits per heavy atom. The maximum absolute atomic E-state index is 4.66. The van der Waals surface area contributed by atoms with Crippen molar-refractivity contribution in [2.75, 3.05) is 23.8 Å². The fourth-order valence-electron chi connectivity index (χ4n) is 1.68. The number of nitrogens with one attached hydrogen (secondary N) is 1. The Kier molecular flexibility index (Phi) is 2.08. The molecule has 0 amide bonds. The van der Waals surface area contributed by atoms with Crippen molar-refractivity contribution < 1.29 is 4.63 Å². The number of nitrogens with zero attached hydrogens (tertiary/aromatic N) is 3. The lowest BCUT2D eigenvalue weighted by atomic mass is 10.1. The van der Waals surface area contributed by atoms with E-state index in [1.165, 1.54) is 6.42 Å². The van der Waals surface area contributed by atoms with Crippen LogP contribution in [0.4, 0.5) is 11.6 Å². The Hall–Kier alpha value is -1.26. The summed E-state index contributed by atoms with van der Waals surface area (Å²) in [5.41, 5.74) is 0. The minimum absolute atomic E-state index is 0.504. The smallest absolute Gasteiger partial charge is 0.217 e. The van der Waals surface area contributed by atoms with Crippen molar-refractivity contribution >= 4 is 11.6 Å². The molecule has 0 radical (unpaired) electrons. The molecule has 0 aromatic carbocycles. The highest BCUT2D eigenvalue weighted by atomic mass is 16.6. The first-order valence-electron chi connectivity index (χ1n) is 4.62. The SMILES string of the molecule is CCCC1CNc2nonc2N1C. The molecule has 2 heterocycles. The third kappa shape index (κ3) is 1.34. The predicted octanol–water partition coefficient (Wildman–Crippen LogP) is 1.10. The molecule has 72 valence electrons. The largest absolute Gasteiger partial charge is 0.362 e. The third-order valence-electron chi connectivity index (χ3n) is 2.48. The topological polar surface area (TPSA) is 54.2 Å². The van der Waals surface area contributed by atoms with Crippen LogP contribution in [0.1, 0.15) is 19.8 Å². The quantitative estimate of drug-likeness (QED) is 0.742. The zero-order chi connectivity index (χ0) is 9.26. The van der Waals surface area contributed by atoms with Crippen molar-refractivity contribution in [3.05, 3.63) is 0 Å². The molecule has 5 nitrogen and oxygen atoms in total. The molecule has 0 spiro atoms. The molecule has 0 saturated carbocycles. The number of hydrogen-bond acceptors (Lipinski definition) is 5. The van der Waals surface area contributed by atoms with E-state index in [1.54, 1.807) is 0 Å². The summed E-state index contributed by atoms with van der Waals surface area (Å²) < 4.78 is 4.66. The van der Waals surface area contributed by atoms with Crippen molar-refractivity contribution in [1.29, 1.82) is 0 Å². The van der Waals surface area contributed by atoms with Crippen LogP contribution in [0.3, 0.4) is 0 Å². The van der Waals surface area contributed by atoms with Crippen LogP contribution in [0.25, 0.3) is 0 Å². The maximum atomic E-state index is 4.66. The van der Waals surface area contributed by atoms with Crippen LogP contribution < -0.4 is 10.2 Å². The van der Waals surface area contributed by atoms with Crippen LogP contribution in [0.5, 0.6) is 0 Å². The molecule has 1 aromatic rings. The van der Waals surface area contributed by atoms with E-state index in [2.05, 4.69) is 32.1 Å². The molecule has 0 bridgehead atoms. The first-order valence-corrected chi connectivity index (χ1v) is 4.62. The number of anilines is 2. The minimum Gasteiger partial charge on any atom is -0.362 e. The van der Waals surface area contributed by atoms with E-state index in [-0.39, 0.29) is 0 Å². The normalized spacial score (nSPS) is 21.1. The van der Waals surface area contributed by atoms with Gasteiger partial charge >= 0.3 is 0 Å². The van der Waals surface area contributed by atoms with Gasteiger partial charge in [0.15, 0.2) is 0 Å². The van der Waals surface area contributed by atoms with Crippen molar-refractivity contribution in [3.63, 3.8) is 0 Å². The molecule has 0 saturated heterocycles. The van der Waals surface area contributed by atoms with Gasteiger partial charge < -0.3 is 10.2 Å². The van der Waals surface area contributed by atoms with Crippen LogP contribution in [0.15, 0.2) is 4.63 Å². The summed E-state index contributed by atoms with van der Waals surface area (Å²) in [7, 11) is 2.03. The lowest BCUT2D eigenvalue weighted by molar-refractivity contribution is 0.309. The van der Waals surface area contributed by atoms with Gasteiger partial charge in [-0.2, -0.15) is 0 Å². The maximum Gasteiger partial charge on any atom is 0.217 e. The van der Waals surface area contributed by atoms with Crippen molar-refractivity contribution in [2.24, 2.45) is 0 Å². The second-order valence-corrected chi connectivity index (χ2v) is 3.37. The Labute approximate surface area is 77.1 Å². The average molecular weight is 182 g/mol. The zero-order valence-corrected chi connectivity index (χ0v) is 7.95. The molecular weight excluding hydrogens is 168 g/mol. The highest BCUT2D eigenvalue weighted by Crippen LogP contribution is 2.27.